The average Bonchev–Trinajstić information content (AvgIpc) is 3.08. The van der Waals surface area contributed by atoms with E-state index in [0.717, 1.165) is 11.1 Å². The van der Waals surface area contributed by atoms with Crippen LogP contribution in [0.5, 0.6) is 11.5 Å². The Labute approximate surface area is 162 Å². The molecule has 7 nitrogen and oxygen atoms in total. The van der Waals surface area contributed by atoms with E-state index in [9.17, 15) is 8.42 Å². The van der Waals surface area contributed by atoms with Crippen LogP contribution in [-0.4, -0.2) is 32.8 Å². The largest absolute Gasteiger partial charge is 0.493 e. The van der Waals surface area contributed by atoms with E-state index in [2.05, 4.69) is 14.9 Å². The van der Waals surface area contributed by atoms with Crippen LogP contribution in [0.4, 0.5) is 5.13 Å². The van der Waals surface area contributed by atoms with Crippen molar-refractivity contribution in [3.05, 3.63) is 58.6 Å². The van der Waals surface area contributed by atoms with Gasteiger partial charge >= 0.3 is 0 Å². The van der Waals surface area contributed by atoms with E-state index < -0.39 is 10.0 Å². The number of ether oxygens (including phenoxy) is 2. The number of rotatable bonds is 7. The van der Waals surface area contributed by atoms with Crippen LogP contribution in [0, 0.1) is 6.92 Å². The maximum absolute atomic E-state index is 12.4. The Morgan fingerprint density at radius 1 is 1.00 bits per heavy atom. The van der Waals surface area contributed by atoms with Gasteiger partial charge < -0.3 is 9.47 Å². The molecule has 1 heterocycles. The predicted octanol–water partition coefficient (Wildman–Crippen LogP) is 3.26. The summed E-state index contributed by atoms with van der Waals surface area (Å²) >= 11 is 1.19. The lowest BCUT2D eigenvalue weighted by Gasteiger charge is -2.08. The third kappa shape index (κ3) is 4.55. The number of aryl methyl sites for hydroxylation is 1. The van der Waals surface area contributed by atoms with Crippen molar-refractivity contribution < 1.29 is 17.9 Å². The molecular formula is C18H19N3O4S2. The molecule has 0 bridgehead atoms. The molecule has 0 aliphatic carbocycles. The van der Waals surface area contributed by atoms with Crippen LogP contribution in [0.15, 0.2) is 47.4 Å². The second-order valence-electron chi connectivity index (χ2n) is 5.79. The highest BCUT2D eigenvalue weighted by molar-refractivity contribution is 7.93. The fourth-order valence-corrected chi connectivity index (χ4v) is 4.43. The van der Waals surface area contributed by atoms with Gasteiger partial charge in [-0.15, -0.1) is 10.2 Å². The summed E-state index contributed by atoms with van der Waals surface area (Å²) in [5.74, 6) is 1.27. The van der Waals surface area contributed by atoms with Gasteiger partial charge in [0.1, 0.15) is 5.01 Å². The molecule has 0 saturated carbocycles. The van der Waals surface area contributed by atoms with Gasteiger partial charge in [-0.2, -0.15) is 0 Å². The van der Waals surface area contributed by atoms with E-state index in [1.165, 1.54) is 11.3 Å². The third-order valence-electron chi connectivity index (χ3n) is 3.82. The molecule has 9 heteroatoms. The molecule has 0 aliphatic heterocycles. The van der Waals surface area contributed by atoms with Crippen LogP contribution >= 0.6 is 11.3 Å². The Kier molecular flexibility index (Phi) is 5.62. The zero-order chi connectivity index (χ0) is 19.4. The van der Waals surface area contributed by atoms with Crippen molar-refractivity contribution >= 4 is 26.5 Å². The summed E-state index contributed by atoms with van der Waals surface area (Å²) in [6.07, 6.45) is 0.504. The number of hydrogen-bond donors (Lipinski definition) is 1. The minimum atomic E-state index is -3.69. The van der Waals surface area contributed by atoms with Gasteiger partial charge in [-0.1, -0.05) is 35.1 Å². The van der Waals surface area contributed by atoms with Gasteiger partial charge in [0.15, 0.2) is 11.5 Å². The zero-order valence-electron chi connectivity index (χ0n) is 15.1. The van der Waals surface area contributed by atoms with Gasteiger partial charge in [0, 0.05) is 6.42 Å². The minimum Gasteiger partial charge on any atom is -0.493 e. The Bertz CT molecular complexity index is 1030. The van der Waals surface area contributed by atoms with Crippen LogP contribution in [-0.2, 0) is 16.4 Å². The quantitative estimate of drug-likeness (QED) is 0.649. The van der Waals surface area contributed by atoms with E-state index in [-0.39, 0.29) is 10.0 Å². The molecule has 3 aromatic rings. The number of hydrogen-bond acceptors (Lipinski definition) is 7. The highest BCUT2D eigenvalue weighted by Gasteiger charge is 2.17. The van der Waals surface area contributed by atoms with E-state index in [4.69, 9.17) is 9.47 Å². The number of aromatic nitrogens is 2. The maximum atomic E-state index is 12.4. The SMILES string of the molecule is COc1ccc(Cc2nnc(NS(=O)(=O)c3ccc(C)cc3)s2)cc1OC. The van der Waals surface area contributed by atoms with Crippen LogP contribution < -0.4 is 14.2 Å². The number of benzene rings is 2. The minimum absolute atomic E-state index is 0.185. The molecule has 1 aromatic heterocycles. The molecule has 27 heavy (non-hydrogen) atoms. The standard InChI is InChI=1S/C18H19N3O4S2/c1-12-4-7-14(8-5-12)27(22,23)21-18-20-19-17(26-18)11-13-6-9-15(24-2)16(10-13)25-3/h4-10H,11H2,1-3H3,(H,20,21). The Balaban J connectivity index is 1.74. The third-order valence-corrected chi connectivity index (χ3v) is 6.15. The van der Waals surface area contributed by atoms with Crippen molar-refractivity contribution in [3.63, 3.8) is 0 Å². The summed E-state index contributed by atoms with van der Waals surface area (Å²) in [4.78, 5) is 0.185. The molecule has 0 fully saturated rings. The van der Waals surface area contributed by atoms with E-state index in [0.29, 0.717) is 22.9 Å². The molecule has 0 spiro atoms. The van der Waals surface area contributed by atoms with Crippen molar-refractivity contribution in [2.75, 3.05) is 18.9 Å². The van der Waals surface area contributed by atoms with Crippen LogP contribution in [0.25, 0.3) is 0 Å². The summed E-state index contributed by atoms with van der Waals surface area (Å²) < 4.78 is 37.9. The van der Waals surface area contributed by atoms with Crippen molar-refractivity contribution in [1.82, 2.24) is 10.2 Å². The lowest BCUT2D eigenvalue weighted by Crippen LogP contribution is -2.12. The van der Waals surface area contributed by atoms with E-state index in [1.54, 1.807) is 38.5 Å². The highest BCUT2D eigenvalue weighted by atomic mass is 32.2. The van der Waals surface area contributed by atoms with Gasteiger partial charge in [0.2, 0.25) is 5.13 Å². The number of sulfonamides is 1. The molecule has 3 rings (SSSR count). The fraction of sp³-hybridized carbons (Fsp3) is 0.222. The number of anilines is 1. The first-order valence-electron chi connectivity index (χ1n) is 8.04. The van der Waals surface area contributed by atoms with Gasteiger partial charge in [-0.05, 0) is 36.8 Å². The molecule has 0 unspecified atom stereocenters. The normalized spacial score (nSPS) is 11.2. The molecule has 142 valence electrons. The van der Waals surface area contributed by atoms with E-state index >= 15 is 0 Å². The first kappa shape index (κ1) is 19.1. The van der Waals surface area contributed by atoms with Gasteiger partial charge in [0.05, 0.1) is 19.1 Å². The summed E-state index contributed by atoms with van der Waals surface area (Å²) in [5, 5.41) is 8.92. The number of nitrogens with one attached hydrogen (secondary N) is 1. The average molecular weight is 406 g/mol. The molecule has 0 amide bonds. The second-order valence-corrected chi connectivity index (χ2v) is 8.53. The van der Waals surface area contributed by atoms with Crippen LogP contribution in [0.2, 0.25) is 0 Å². The summed E-state index contributed by atoms with van der Waals surface area (Å²) in [6.45, 7) is 1.90. The maximum Gasteiger partial charge on any atom is 0.263 e. The van der Waals surface area contributed by atoms with Crippen molar-refractivity contribution in [3.8, 4) is 11.5 Å². The van der Waals surface area contributed by atoms with Gasteiger partial charge in [-0.25, -0.2) is 8.42 Å². The molecule has 0 aliphatic rings. The summed E-state index contributed by atoms with van der Waals surface area (Å²) in [5.41, 5.74) is 1.94. The molecule has 1 N–H and O–H groups in total. The van der Waals surface area contributed by atoms with Crippen LogP contribution in [0.3, 0.4) is 0 Å². The number of nitrogens with zero attached hydrogens (tertiary/aromatic N) is 2. The topological polar surface area (TPSA) is 90.4 Å². The van der Waals surface area contributed by atoms with Gasteiger partial charge in [0.25, 0.3) is 10.0 Å². The molecule has 2 aromatic carbocycles. The monoisotopic (exact) mass is 405 g/mol. The zero-order valence-corrected chi connectivity index (χ0v) is 16.7. The number of methoxy groups -OCH3 is 2. The van der Waals surface area contributed by atoms with Crippen LogP contribution in [0.1, 0.15) is 16.1 Å². The Morgan fingerprint density at radius 3 is 2.37 bits per heavy atom. The lowest BCUT2D eigenvalue weighted by molar-refractivity contribution is 0.354. The lowest BCUT2D eigenvalue weighted by atomic mass is 10.1. The molecular weight excluding hydrogens is 386 g/mol. The van der Waals surface area contributed by atoms with Crippen molar-refractivity contribution in [2.24, 2.45) is 0 Å². The fourth-order valence-electron chi connectivity index (χ4n) is 2.42. The van der Waals surface area contributed by atoms with Crippen molar-refractivity contribution in [1.29, 1.82) is 0 Å². The smallest absolute Gasteiger partial charge is 0.263 e. The second kappa shape index (κ2) is 7.93. The molecule has 0 radical (unpaired) electrons. The summed E-state index contributed by atoms with van der Waals surface area (Å²) in [7, 11) is -0.536. The predicted molar refractivity (Wildman–Crippen MR) is 104 cm³/mol. The molecule has 0 saturated heterocycles. The van der Waals surface area contributed by atoms with Crippen molar-refractivity contribution in [2.45, 2.75) is 18.2 Å². The first-order valence-corrected chi connectivity index (χ1v) is 10.3. The Hall–Kier alpha value is -2.65. The molecule has 0 atom stereocenters. The first-order chi connectivity index (χ1) is 12.9. The van der Waals surface area contributed by atoms with Gasteiger partial charge in [-0.3, -0.25) is 4.72 Å². The van der Waals surface area contributed by atoms with E-state index in [1.807, 2.05) is 25.1 Å². The Morgan fingerprint density at radius 2 is 1.70 bits per heavy atom. The summed E-state index contributed by atoms with van der Waals surface area (Å²) in [6, 6.07) is 12.2. The highest BCUT2D eigenvalue weighted by Crippen LogP contribution is 2.29.